The Labute approximate surface area is 90.0 Å². The molecule has 0 aromatic carbocycles. The lowest BCUT2D eigenvalue weighted by Crippen LogP contribution is -2.41. The Morgan fingerprint density at radius 3 is 2.31 bits per heavy atom. The Kier molecular flexibility index (Phi) is 5.36. The molecule has 1 amide bonds. The zero-order chi connectivity index (χ0) is 12.8. The number of carboxylic acid groups (broad SMARTS) is 1. The van der Waals surface area contributed by atoms with Gasteiger partial charge in [-0.3, -0.25) is 9.59 Å². The summed E-state index contributed by atoms with van der Waals surface area (Å²) in [6.07, 6.45) is -0.0904. The Morgan fingerprint density at radius 1 is 1.38 bits per heavy atom. The lowest BCUT2D eigenvalue weighted by Gasteiger charge is -2.21. The van der Waals surface area contributed by atoms with Crippen LogP contribution in [0.25, 0.3) is 0 Å². The van der Waals surface area contributed by atoms with E-state index in [-0.39, 0.29) is 17.7 Å². The molecular weight excluding hydrogens is 227 g/mol. The molecule has 0 bridgehead atoms. The lowest BCUT2D eigenvalue weighted by atomic mass is 10.3. The molecule has 4 nitrogen and oxygen atoms in total. The number of amides is 1. The molecule has 90 valence electrons. The molecule has 0 saturated heterocycles. The molecule has 0 rings (SSSR count). The second kappa shape index (κ2) is 6.00. The van der Waals surface area contributed by atoms with Crippen molar-refractivity contribution in [3.8, 4) is 12.3 Å². The first-order valence-corrected chi connectivity index (χ1v) is 4.26. The summed E-state index contributed by atoms with van der Waals surface area (Å²) in [5.74, 6) is -0.327. The van der Waals surface area contributed by atoms with Crippen molar-refractivity contribution in [2.45, 2.75) is 19.0 Å². The van der Waals surface area contributed by atoms with Gasteiger partial charge in [0.05, 0.1) is 0 Å². The first-order valence-electron chi connectivity index (χ1n) is 4.26. The average molecular weight is 237 g/mol. The Bertz CT molecular complexity index is 306. The predicted octanol–water partition coefficient (Wildman–Crippen LogP) is 0.875. The molecule has 0 heterocycles. The maximum atomic E-state index is 12.0. The summed E-state index contributed by atoms with van der Waals surface area (Å²) in [6, 6.07) is 0. The van der Waals surface area contributed by atoms with Gasteiger partial charge in [-0.05, 0) is 0 Å². The number of hydrogen-bond donors (Lipinski definition) is 1. The average Bonchev–Trinajstić information content (AvgIpc) is 2.10. The minimum atomic E-state index is -4.62. The van der Waals surface area contributed by atoms with Gasteiger partial charge in [-0.15, -0.1) is 12.3 Å². The third kappa shape index (κ3) is 6.70. The smallest absolute Gasteiger partial charge is 0.406 e. The highest BCUT2D eigenvalue weighted by atomic mass is 19.4. The van der Waals surface area contributed by atoms with Gasteiger partial charge >= 0.3 is 12.1 Å². The van der Waals surface area contributed by atoms with Gasteiger partial charge in [-0.1, -0.05) is 0 Å². The van der Waals surface area contributed by atoms with Crippen LogP contribution in [0.2, 0.25) is 0 Å². The molecule has 0 saturated carbocycles. The van der Waals surface area contributed by atoms with E-state index in [1.165, 1.54) is 0 Å². The van der Waals surface area contributed by atoms with Gasteiger partial charge in [0.2, 0.25) is 5.91 Å². The van der Waals surface area contributed by atoms with Crippen molar-refractivity contribution < 1.29 is 27.9 Å². The van der Waals surface area contributed by atoms with Crippen LogP contribution >= 0.6 is 0 Å². The third-order valence-electron chi connectivity index (χ3n) is 1.53. The number of alkyl halides is 3. The minimum Gasteiger partial charge on any atom is -0.480 e. The number of carbonyl (C=O) groups excluding carboxylic acids is 1. The third-order valence-corrected chi connectivity index (χ3v) is 1.53. The molecule has 0 radical (unpaired) electrons. The van der Waals surface area contributed by atoms with Crippen LogP contribution in [0, 0.1) is 12.3 Å². The largest absolute Gasteiger partial charge is 0.480 e. The van der Waals surface area contributed by atoms with Crippen LogP contribution in [0.3, 0.4) is 0 Å². The first-order chi connectivity index (χ1) is 7.26. The van der Waals surface area contributed by atoms with Gasteiger partial charge in [0, 0.05) is 12.8 Å². The van der Waals surface area contributed by atoms with E-state index in [4.69, 9.17) is 11.5 Å². The highest BCUT2D eigenvalue weighted by Crippen LogP contribution is 2.17. The number of terminal acetylenes is 1. The van der Waals surface area contributed by atoms with Crippen molar-refractivity contribution in [2.75, 3.05) is 13.1 Å². The quantitative estimate of drug-likeness (QED) is 0.722. The number of carbonyl (C=O) groups is 2. The van der Waals surface area contributed by atoms with Crippen LogP contribution in [0.1, 0.15) is 12.8 Å². The van der Waals surface area contributed by atoms with Gasteiger partial charge in [0.1, 0.15) is 13.1 Å². The molecule has 0 aromatic heterocycles. The van der Waals surface area contributed by atoms with Gasteiger partial charge in [0.25, 0.3) is 0 Å². The summed E-state index contributed by atoms with van der Waals surface area (Å²) in [5.41, 5.74) is 0. The molecule has 0 fully saturated rings. The fourth-order valence-electron chi connectivity index (χ4n) is 0.949. The topological polar surface area (TPSA) is 57.6 Å². The van der Waals surface area contributed by atoms with Crippen molar-refractivity contribution in [2.24, 2.45) is 0 Å². The fraction of sp³-hybridized carbons (Fsp3) is 0.556. The monoisotopic (exact) mass is 237 g/mol. The molecule has 0 spiro atoms. The maximum Gasteiger partial charge on any atom is 0.406 e. The standard InChI is InChI=1S/C9H10F3NO3/c1-2-3-4-7(14)13(5-8(15)16)6-9(10,11)12/h1H,3-6H2,(H,15,16). The van der Waals surface area contributed by atoms with Crippen LogP contribution in [0.4, 0.5) is 13.2 Å². The second-order valence-corrected chi connectivity index (χ2v) is 2.96. The molecule has 0 aliphatic heterocycles. The van der Waals surface area contributed by atoms with Crippen molar-refractivity contribution in [3.05, 3.63) is 0 Å². The van der Waals surface area contributed by atoms with Gasteiger partial charge in [-0.2, -0.15) is 13.2 Å². The maximum absolute atomic E-state index is 12.0. The van der Waals surface area contributed by atoms with Crippen LogP contribution < -0.4 is 0 Å². The van der Waals surface area contributed by atoms with Crippen molar-refractivity contribution in [3.63, 3.8) is 0 Å². The van der Waals surface area contributed by atoms with E-state index in [1.807, 2.05) is 0 Å². The van der Waals surface area contributed by atoms with Crippen LogP contribution in [-0.4, -0.2) is 41.1 Å². The zero-order valence-corrected chi connectivity index (χ0v) is 8.25. The van der Waals surface area contributed by atoms with Crippen LogP contribution in [-0.2, 0) is 9.59 Å². The van der Waals surface area contributed by atoms with Gasteiger partial charge in [0.15, 0.2) is 0 Å². The molecule has 16 heavy (non-hydrogen) atoms. The number of nitrogens with zero attached hydrogens (tertiary/aromatic N) is 1. The molecule has 0 unspecified atom stereocenters. The Morgan fingerprint density at radius 2 is 1.94 bits per heavy atom. The summed E-state index contributed by atoms with van der Waals surface area (Å²) in [5, 5.41) is 8.35. The van der Waals surface area contributed by atoms with Crippen molar-refractivity contribution >= 4 is 11.9 Å². The fourth-order valence-corrected chi connectivity index (χ4v) is 0.949. The Hall–Kier alpha value is -1.71. The van der Waals surface area contributed by atoms with E-state index >= 15 is 0 Å². The second-order valence-electron chi connectivity index (χ2n) is 2.96. The molecule has 0 aromatic rings. The van der Waals surface area contributed by atoms with Crippen LogP contribution in [0.5, 0.6) is 0 Å². The normalized spacial score (nSPS) is 10.6. The van der Waals surface area contributed by atoms with Crippen molar-refractivity contribution in [1.29, 1.82) is 0 Å². The molecule has 0 atom stereocenters. The van der Waals surface area contributed by atoms with E-state index in [0.29, 0.717) is 0 Å². The van der Waals surface area contributed by atoms with E-state index in [9.17, 15) is 22.8 Å². The number of carboxylic acids is 1. The number of aliphatic carboxylic acids is 1. The first kappa shape index (κ1) is 14.3. The number of rotatable bonds is 5. The van der Waals surface area contributed by atoms with E-state index < -0.39 is 31.1 Å². The summed E-state index contributed by atoms with van der Waals surface area (Å²) in [4.78, 5) is 21.7. The number of halogens is 3. The highest BCUT2D eigenvalue weighted by molar-refractivity contribution is 5.81. The Balaban J connectivity index is 4.48. The van der Waals surface area contributed by atoms with Gasteiger partial charge in [-0.25, -0.2) is 0 Å². The molecular formula is C9H10F3NO3. The minimum absolute atomic E-state index is 0.0210. The predicted molar refractivity (Wildman–Crippen MR) is 48.3 cm³/mol. The van der Waals surface area contributed by atoms with E-state index in [0.717, 1.165) is 0 Å². The van der Waals surface area contributed by atoms with Gasteiger partial charge < -0.3 is 10.0 Å². The summed E-state index contributed by atoms with van der Waals surface area (Å²) < 4.78 is 36.0. The summed E-state index contributed by atoms with van der Waals surface area (Å²) in [7, 11) is 0. The van der Waals surface area contributed by atoms with Crippen molar-refractivity contribution in [1.82, 2.24) is 4.90 Å². The SMILES string of the molecule is C#CCCC(=O)N(CC(=O)O)CC(F)(F)F. The van der Waals surface area contributed by atoms with Crippen LogP contribution in [0.15, 0.2) is 0 Å². The molecule has 1 N–H and O–H groups in total. The lowest BCUT2D eigenvalue weighted by molar-refractivity contribution is -0.165. The van der Waals surface area contributed by atoms with E-state index in [2.05, 4.69) is 5.92 Å². The summed E-state index contributed by atoms with van der Waals surface area (Å²) >= 11 is 0. The zero-order valence-electron chi connectivity index (χ0n) is 8.25. The summed E-state index contributed by atoms with van der Waals surface area (Å²) in [6.45, 7) is -2.56. The molecule has 7 heteroatoms. The number of hydrogen-bond acceptors (Lipinski definition) is 2. The highest BCUT2D eigenvalue weighted by Gasteiger charge is 2.33. The molecule has 0 aliphatic carbocycles. The molecule has 0 aliphatic rings. The van der Waals surface area contributed by atoms with E-state index in [1.54, 1.807) is 0 Å².